The lowest BCUT2D eigenvalue weighted by atomic mass is 10.1. The number of aromatic nitrogens is 4. The van der Waals surface area contributed by atoms with Gasteiger partial charge >= 0.3 is 0 Å². The smallest absolute Gasteiger partial charge is 0.264 e. The zero-order valence-corrected chi connectivity index (χ0v) is 24.8. The van der Waals surface area contributed by atoms with Crippen LogP contribution >= 0.6 is 0 Å². The van der Waals surface area contributed by atoms with Gasteiger partial charge in [0.05, 0.1) is 45.8 Å². The summed E-state index contributed by atoms with van der Waals surface area (Å²) in [5, 5.41) is 10.8. The number of ether oxygens (including phenoxy) is 2. The number of sulfonamides is 2. The first-order valence-electron chi connectivity index (χ1n) is 13.7. The van der Waals surface area contributed by atoms with Gasteiger partial charge in [-0.1, -0.05) is 42.5 Å². The number of imidazole rings is 1. The zero-order valence-electron chi connectivity index (χ0n) is 23.1. The van der Waals surface area contributed by atoms with Crippen LogP contribution in [-0.2, 0) is 33.0 Å². The van der Waals surface area contributed by atoms with Gasteiger partial charge < -0.3 is 14.0 Å². The second-order valence-corrected chi connectivity index (χ2v) is 13.3. The molecule has 44 heavy (non-hydrogen) atoms. The number of hydrogen-bond acceptors (Lipinski definition) is 8. The second-order valence-electron chi connectivity index (χ2n) is 10.1. The summed E-state index contributed by atoms with van der Waals surface area (Å²) in [6, 6.07) is 26.0. The van der Waals surface area contributed by atoms with Crippen LogP contribution in [0.3, 0.4) is 0 Å². The molecule has 6 aromatic rings. The minimum Gasteiger partial charge on any atom is -0.492 e. The van der Waals surface area contributed by atoms with E-state index in [1.54, 1.807) is 53.2 Å². The van der Waals surface area contributed by atoms with E-state index in [4.69, 9.17) is 14.6 Å². The van der Waals surface area contributed by atoms with E-state index in [1.807, 2.05) is 41.0 Å². The number of primary sulfonamides is 1. The molecule has 224 valence electrons. The van der Waals surface area contributed by atoms with Crippen LogP contribution in [0.25, 0.3) is 27.6 Å². The molecule has 2 aromatic heterocycles. The van der Waals surface area contributed by atoms with Gasteiger partial charge in [-0.05, 0) is 48.5 Å². The molecule has 0 spiro atoms. The van der Waals surface area contributed by atoms with Crippen molar-refractivity contribution in [3.63, 3.8) is 0 Å². The molecule has 8 rings (SSSR count). The Bertz CT molecular complexity index is 2260. The fourth-order valence-electron chi connectivity index (χ4n) is 5.44. The van der Waals surface area contributed by atoms with E-state index in [2.05, 4.69) is 14.8 Å². The molecule has 0 fully saturated rings. The van der Waals surface area contributed by atoms with Crippen LogP contribution in [0.4, 0.5) is 5.95 Å². The van der Waals surface area contributed by atoms with E-state index in [1.165, 1.54) is 6.07 Å². The Morgan fingerprint density at radius 3 is 2.27 bits per heavy atom. The van der Waals surface area contributed by atoms with Crippen molar-refractivity contribution < 1.29 is 26.3 Å². The van der Waals surface area contributed by atoms with Crippen molar-refractivity contribution in [1.29, 1.82) is 0 Å². The lowest BCUT2D eigenvalue weighted by Crippen LogP contribution is -2.20. The van der Waals surface area contributed by atoms with E-state index >= 15 is 0 Å². The van der Waals surface area contributed by atoms with E-state index < -0.39 is 20.0 Å². The summed E-state index contributed by atoms with van der Waals surface area (Å²) in [5.41, 5.74) is 3.70. The van der Waals surface area contributed by atoms with E-state index in [0.717, 1.165) is 33.6 Å². The molecule has 2 aliphatic heterocycles. The molecule has 0 amide bonds. The van der Waals surface area contributed by atoms with Crippen molar-refractivity contribution in [2.75, 3.05) is 17.9 Å². The summed E-state index contributed by atoms with van der Waals surface area (Å²) in [5.74, 6) is 1.81. The summed E-state index contributed by atoms with van der Waals surface area (Å²) in [7, 11) is -7.48. The normalized spacial score (nSPS) is 13.9. The number of nitrogens with two attached hydrogens (primary N) is 1. The predicted octanol–water partition coefficient (Wildman–Crippen LogP) is 3.84. The van der Waals surface area contributed by atoms with E-state index in [9.17, 15) is 16.8 Å². The third-order valence-electron chi connectivity index (χ3n) is 7.33. The highest BCUT2D eigenvalue weighted by Gasteiger charge is 2.25. The number of benzene rings is 4. The molecule has 4 heterocycles. The number of hydrogen-bond donors (Lipinski definition) is 2. The maximum atomic E-state index is 12.5. The first-order chi connectivity index (χ1) is 21.2. The number of rotatable bonds is 5. The summed E-state index contributed by atoms with van der Waals surface area (Å²) >= 11 is 0. The van der Waals surface area contributed by atoms with Crippen molar-refractivity contribution in [2.45, 2.75) is 22.8 Å². The Hall–Kier alpha value is -4.92. The van der Waals surface area contributed by atoms with Crippen molar-refractivity contribution in [1.82, 2.24) is 19.3 Å². The first-order valence-corrected chi connectivity index (χ1v) is 16.7. The first kappa shape index (κ1) is 27.9. The largest absolute Gasteiger partial charge is 0.492 e. The van der Waals surface area contributed by atoms with Crippen LogP contribution in [0, 0.1) is 0 Å². The summed E-state index contributed by atoms with van der Waals surface area (Å²) in [4.78, 5) is 4.66. The quantitative estimate of drug-likeness (QED) is 0.291. The predicted molar refractivity (Wildman–Crippen MR) is 164 cm³/mol. The number of para-hydroxylation sites is 2. The molecule has 4 aromatic carbocycles. The molecule has 0 saturated heterocycles. The van der Waals surface area contributed by atoms with Gasteiger partial charge in [0.15, 0.2) is 0 Å². The van der Waals surface area contributed by atoms with Crippen molar-refractivity contribution >= 4 is 47.9 Å². The molecule has 12 nitrogen and oxygen atoms in total. The maximum Gasteiger partial charge on any atom is 0.264 e. The van der Waals surface area contributed by atoms with Crippen molar-refractivity contribution in [3.05, 3.63) is 96.7 Å². The minimum absolute atomic E-state index is 0.0621. The summed E-state index contributed by atoms with van der Waals surface area (Å²) < 4.78 is 65.9. The molecular weight excluding hydrogens is 605 g/mol. The molecule has 0 unspecified atom stereocenters. The van der Waals surface area contributed by atoms with Crippen LogP contribution in [-0.4, -0.2) is 49.4 Å². The Morgan fingerprint density at radius 1 is 0.773 bits per heavy atom. The summed E-state index contributed by atoms with van der Waals surface area (Å²) in [6.45, 7) is 1.58. The number of nitrogens with zero attached hydrogens (tertiary/aromatic N) is 4. The molecular formula is C30H26N6O6S2. The Morgan fingerprint density at radius 2 is 1.48 bits per heavy atom. The van der Waals surface area contributed by atoms with Crippen molar-refractivity contribution in [3.8, 4) is 17.2 Å². The fraction of sp³-hybridized carbons (Fsp3) is 0.133. The van der Waals surface area contributed by atoms with Gasteiger partial charge in [0.1, 0.15) is 28.5 Å². The third-order valence-corrected chi connectivity index (χ3v) is 9.64. The highest BCUT2D eigenvalue weighted by Crippen LogP contribution is 2.35. The number of nitrogens with one attached hydrogen (secondary N) is 1. The van der Waals surface area contributed by atoms with Crippen LogP contribution in [0.2, 0.25) is 0 Å². The molecule has 0 saturated carbocycles. The second kappa shape index (κ2) is 10.7. The highest BCUT2D eigenvalue weighted by molar-refractivity contribution is 7.92. The molecule has 2 aliphatic rings. The van der Waals surface area contributed by atoms with E-state index in [-0.39, 0.29) is 9.79 Å². The SMILES string of the molecule is NS(=O)(=O)c1ccccc1-n1nc2cccc3c2c1CCO3.O=S(=O)(Nc1nc2cccc3c2n1CCO3)c1ccccc1. The van der Waals surface area contributed by atoms with Gasteiger partial charge in [0.2, 0.25) is 16.0 Å². The van der Waals surface area contributed by atoms with Gasteiger partial charge in [-0.2, -0.15) is 5.10 Å². The van der Waals surface area contributed by atoms with Gasteiger partial charge in [-0.25, -0.2) is 36.4 Å². The molecule has 3 N–H and O–H groups in total. The lowest BCUT2D eigenvalue weighted by molar-refractivity contribution is 0.288. The molecule has 0 radical (unpaired) electrons. The molecule has 0 aliphatic carbocycles. The standard InChI is InChI=1S/2C15H13N3O3S/c16-22(19,20)14-7-2-1-5-11(14)18-12-8-9-21-13-6-3-4-10(17-18)15(12)13;19-22(20,11-5-2-1-3-6-11)17-15-16-12-7-4-8-13-14(12)18(15)9-10-21-13/h1-7H,8-9H2,(H2,16,19,20);1-8H,9-10H2,(H,16,17). The topological polar surface area (TPSA) is 160 Å². The molecule has 0 bridgehead atoms. The van der Waals surface area contributed by atoms with Crippen LogP contribution in [0.1, 0.15) is 5.69 Å². The zero-order chi connectivity index (χ0) is 30.5. The van der Waals surface area contributed by atoms with Gasteiger partial charge in [-0.15, -0.1) is 0 Å². The van der Waals surface area contributed by atoms with Gasteiger partial charge in [-0.3, -0.25) is 0 Å². The monoisotopic (exact) mass is 630 g/mol. The minimum atomic E-state index is -3.83. The highest BCUT2D eigenvalue weighted by atomic mass is 32.2. The Labute approximate surface area is 252 Å². The Balaban J connectivity index is 0.000000142. The van der Waals surface area contributed by atoms with Crippen LogP contribution < -0.4 is 19.3 Å². The average Bonchev–Trinajstić information content (AvgIpc) is 3.58. The van der Waals surface area contributed by atoms with Crippen LogP contribution in [0.5, 0.6) is 11.5 Å². The van der Waals surface area contributed by atoms with Crippen LogP contribution in [0.15, 0.2) is 101 Å². The lowest BCUT2D eigenvalue weighted by Gasteiger charge is -2.18. The van der Waals surface area contributed by atoms with E-state index in [0.29, 0.717) is 43.3 Å². The fourth-order valence-corrected chi connectivity index (χ4v) is 7.18. The molecule has 14 heteroatoms. The molecule has 0 atom stereocenters. The average molecular weight is 631 g/mol. The van der Waals surface area contributed by atoms with Gasteiger partial charge in [0, 0.05) is 6.42 Å². The third kappa shape index (κ3) is 4.92. The number of anilines is 1. The summed E-state index contributed by atoms with van der Waals surface area (Å²) in [6.07, 6.45) is 0.659. The van der Waals surface area contributed by atoms with Gasteiger partial charge in [0.25, 0.3) is 10.0 Å². The maximum absolute atomic E-state index is 12.5. The van der Waals surface area contributed by atoms with Crippen molar-refractivity contribution in [2.24, 2.45) is 5.14 Å². The Kier molecular flexibility index (Phi) is 6.76.